The molecule has 0 aromatic carbocycles. The van der Waals surface area contributed by atoms with Crippen molar-refractivity contribution in [1.29, 1.82) is 0 Å². The van der Waals surface area contributed by atoms with Crippen LogP contribution in [0, 0.1) is 0 Å². The van der Waals surface area contributed by atoms with Gasteiger partial charge in [-0.25, -0.2) is 5.14 Å². The van der Waals surface area contributed by atoms with Gasteiger partial charge in [0, 0.05) is 31.7 Å². The number of hydrogen-bond donors (Lipinski definition) is 2. The van der Waals surface area contributed by atoms with E-state index >= 15 is 0 Å². The van der Waals surface area contributed by atoms with Crippen LogP contribution >= 0.6 is 0 Å². The van der Waals surface area contributed by atoms with Crippen molar-refractivity contribution in [2.45, 2.75) is 26.3 Å². The lowest BCUT2D eigenvalue weighted by Crippen LogP contribution is -2.54. The van der Waals surface area contributed by atoms with Crippen molar-refractivity contribution in [1.82, 2.24) is 14.5 Å². The molecule has 1 rings (SSSR count). The number of hydrogen-bond acceptors (Lipinski definition) is 4. The van der Waals surface area contributed by atoms with Crippen LogP contribution in [0.5, 0.6) is 0 Å². The fraction of sp³-hybridized carbons (Fsp3) is 0.900. The van der Waals surface area contributed by atoms with Crippen LogP contribution in [-0.4, -0.2) is 61.8 Å². The van der Waals surface area contributed by atoms with Gasteiger partial charge in [-0.3, -0.25) is 4.79 Å². The number of nitrogens with one attached hydrogen (secondary N) is 1. The van der Waals surface area contributed by atoms with Crippen molar-refractivity contribution >= 4 is 16.1 Å². The van der Waals surface area contributed by atoms with Gasteiger partial charge in [-0.2, -0.15) is 12.7 Å². The molecule has 0 bridgehead atoms. The first kappa shape index (κ1) is 15.4. The summed E-state index contributed by atoms with van der Waals surface area (Å²) in [6.07, 6.45) is 0. The lowest BCUT2D eigenvalue weighted by atomic mass is 10.1. The molecule has 0 spiro atoms. The van der Waals surface area contributed by atoms with E-state index in [1.807, 2.05) is 20.8 Å². The summed E-state index contributed by atoms with van der Waals surface area (Å²) in [6.45, 7) is 7.53. The Morgan fingerprint density at radius 1 is 1.22 bits per heavy atom. The average molecular weight is 278 g/mol. The minimum Gasteiger partial charge on any atom is -0.339 e. The minimum absolute atomic E-state index is 0.0148. The molecule has 0 aromatic rings. The number of nitrogens with zero attached hydrogens (tertiary/aromatic N) is 2. The summed E-state index contributed by atoms with van der Waals surface area (Å²) in [4.78, 5) is 13.5. The Balaban J connectivity index is 2.41. The van der Waals surface area contributed by atoms with E-state index in [4.69, 9.17) is 5.14 Å². The highest BCUT2D eigenvalue weighted by Crippen LogP contribution is 2.05. The highest BCUT2D eigenvalue weighted by molar-refractivity contribution is 7.86. The summed E-state index contributed by atoms with van der Waals surface area (Å²) in [6, 6.07) is 0. The molecule has 3 N–H and O–H groups in total. The summed E-state index contributed by atoms with van der Waals surface area (Å²) >= 11 is 0. The van der Waals surface area contributed by atoms with Crippen LogP contribution < -0.4 is 10.5 Å². The molecule has 0 radical (unpaired) electrons. The van der Waals surface area contributed by atoms with Crippen molar-refractivity contribution in [3.05, 3.63) is 0 Å². The number of amides is 1. The van der Waals surface area contributed by atoms with Crippen molar-refractivity contribution in [3.8, 4) is 0 Å². The third kappa shape index (κ3) is 4.89. The Hall–Kier alpha value is -0.700. The number of carbonyl (C=O) groups is 1. The lowest BCUT2D eigenvalue weighted by molar-refractivity contribution is -0.131. The first-order valence-electron chi connectivity index (χ1n) is 5.90. The maximum Gasteiger partial charge on any atom is 0.277 e. The third-order valence-corrected chi connectivity index (χ3v) is 3.81. The molecule has 1 heterocycles. The van der Waals surface area contributed by atoms with Crippen molar-refractivity contribution in [2.75, 3.05) is 32.7 Å². The zero-order valence-corrected chi connectivity index (χ0v) is 12.0. The van der Waals surface area contributed by atoms with Crippen molar-refractivity contribution in [2.24, 2.45) is 5.14 Å². The van der Waals surface area contributed by atoms with Gasteiger partial charge in [0.15, 0.2) is 0 Å². The molecule has 1 saturated heterocycles. The van der Waals surface area contributed by atoms with Crippen LogP contribution in [0.15, 0.2) is 0 Å². The van der Waals surface area contributed by atoms with E-state index in [1.54, 1.807) is 4.90 Å². The monoisotopic (exact) mass is 278 g/mol. The number of nitrogens with two attached hydrogens (primary N) is 1. The van der Waals surface area contributed by atoms with Gasteiger partial charge in [-0.15, -0.1) is 0 Å². The predicted molar refractivity (Wildman–Crippen MR) is 69.0 cm³/mol. The molecule has 0 unspecified atom stereocenters. The highest BCUT2D eigenvalue weighted by Gasteiger charge is 2.26. The molecule has 1 aliphatic rings. The molecular formula is C10H22N4O3S. The first-order chi connectivity index (χ1) is 8.09. The van der Waals surface area contributed by atoms with Crippen LogP contribution in [0.4, 0.5) is 0 Å². The van der Waals surface area contributed by atoms with Crippen molar-refractivity contribution in [3.63, 3.8) is 0 Å². The van der Waals surface area contributed by atoms with E-state index in [0.717, 1.165) is 0 Å². The van der Waals surface area contributed by atoms with Crippen LogP contribution in [0.2, 0.25) is 0 Å². The largest absolute Gasteiger partial charge is 0.339 e. The molecule has 0 aromatic heterocycles. The molecule has 8 heteroatoms. The second-order valence-electron chi connectivity index (χ2n) is 5.43. The molecule has 18 heavy (non-hydrogen) atoms. The molecule has 7 nitrogen and oxygen atoms in total. The molecule has 0 atom stereocenters. The Kier molecular flexibility index (Phi) is 4.71. The second-order valence-corrected chi connectivity index (χ2v) is 6.97. The number of piperazine rings is 1. The molecule has 1 amide bonds. The van der Waals surface area contributed by atoms with E-state index in [-0.39, 0.29) is 31.1 Å². The molecule has 1 fully saturated rings. The van der Waals surface area contributed by atoms with Gasteiger partial charge in [-0.05, 0) is 20.8 Å². The van der Waals surface area contributed by atoms with Gasteiger partial charge < -0.3 is 10.2 Å². The normalized spacial score (nSPS) is 19.0. The number of rotatable bonds is 3. The smallest absolute Gasteiger partial charge is 0.277 e. The third-order valence-electron chi connectivity index (χ3n) is 2.72. The van der Waals surface area contributed by atoms with Gasteiger partial charge in [-0.1, -0.05) is 0 Å². The van der Waals surface area contributed by atoms with E-state index in [9.17, 15) is 13.2 Å². The van der Waals surface area contributed by atoms with Crippen LogP contribution in [-0.2, 0) is 15.0 Å². The number of carbonyl (C=O) groups excluding carboxylic acids is 1. The van der Waals surface area contributed by atoms with E-state index < -0.39 is 10.2 Å². The Bertz CT molecular complexity index is 394. The molecule has 1 aliphatic heterocycles. The van der Waals surface area contributed by atoms with Gasteiger partial charge in [0.05, 0.1) is 6.54 Å². The fourth-order valence-corrected chi connectivity index (χ4v) is 2.32. The summed E-state index contributed by atoms with van der Waals surface area (Å²) < 4.78 is 23.4. The zero-order chi connectivity index (χ0) is 14.0. The Morgan fingerprint density at radius 3 is 2.11 bits per heavy atom. The van der Waals surface area contributed by atoms with E-state index in [0.29, 0.717) is 13.1 Å². The molecule has 0 aliphatic carbocycles. The SMILES string of the molecule is CC(C)(C)NCC(=O)N1CCN(S(N)(=O)=O)CC1. The summed E-state index contributed by atoms with van der Waals surface area (Å²) in [7, 11) is -3.63. The fourth-order valence-electron chi connectivity index (χ4n) is 1.64. The Labute approximate surface area is 108 Å². The zero-order valence-electron chi connectivity index (χ0n) is 11.1. The second kappa shape index (κ2) is 5.52. The van der Waals surface area contributed by atoms with Gasteiger partial charge in [0.25, 0.3) is 10.2 Å². The van der Waals surface area contributed by atoms with Crippen LogP contribution in [0.1, 0.15) is 20.8 Å². The lowest BCUT2D eigenvalue weighted by Gasteiger charge is -2.33. The molecule has 0 saturated carbocycles. The summed E-state index contributed by atoms with van der Waals surface area (Å²) in [5.74, 6) is -0.0148. The Morgan fingerprint density at radius 2 is 1.72 bits per heavy atom. The maximum atomic E-state index is 11.9. The first-order valence-corrected chi connectivity index (χ1v) is 7.40. The average Bonchev–Trinajstić information content (AvgIpc) is 2.24. The summed E-state index contributed by atoms with van der Waals surface area (Å²) in [5.41, 5.74) is -0.113. The maximum absolute atomic E-state index is 11.9. The van der Waals surface area contributed by atoms with Crippen molar-refractivity contribution < 1.29 is 13.2 Å². The van der Waals surface area contributed by atoms with Gasteiger partial charge in [0.2, 0.25) is 5.91 Å². The summed E-state index contributed by atoms with van der Waals surface area (Å²) in [5, 5.41) is 8.14. The predicted octanol–water partition coefficient (Wildman–Crippen LogP) is -1.28. The van der Waals surface area contributed by atoms with Crippen LogP contribution in [0.3, 0.4) is 0 Å². The van der Waals surface area contributed by atoms with Gasteiger partial charge in [0.1, 0.15) is 0 Å². The standard InChI is InChI=1S/C10H22N4O3S/c1-10(2,3)12-8-9(15)13-4-6-14(7-5-13)18(11,16)17/h12H,4-8H2,1-3H3,(H2,11,16,17). The van der Waals surface area contributed by atoms with Gasteiger partial charge >= 0.3 is 0 Å². The quantitative estimate of drug-likeness (QED) is 0.672. The minimum atomic E-state index is -3.63. The van der Waals surface area contributed by atoms with E-state index in [2.05, 4.69) is 5.32 Å². The van der Waals surface area contributed by atoms with E-state index in [1.165, 1.54) is 4.31 Å². The molecule has 106 valence electrons. The topological polar surface area (TPSA) is 95.7 Å². The van der Waals surface area contributed by atoms with Crippen LogP contribution in [0.25, 0.3) is 0 Å². The molecular weight excluding hydrogens is 256 g/mol. The highest BCUT2D eigenvalue weighted by atomic mass is 32.2.